The third-order valence-corrected chi connectivity index (χ3v) is 3.67. The van der Waals surface area contributed by atoms with Crippen molar-refractivity contribution < 1.29 is 0 Å². The minimum absolute atomic E-state index is 0.576. The molecule has 5 heteroatoms. The number of rotatable bonds is 7. The van der Waals surface area contributed by atoms with Crippen LogP contribution in [0.4, 0.5) is 11.6 Å². The van der Waals surface area contributed by atoms with E-state index in [0.717, 1.165) is 42.7 Å². The highest BCUT2D eigenvalue weighted by Gasteiger charge is 2.28. The normalized spacial score (nSPS) is 14.8. The van der Waals surface area contributed by atoms with Crippen LogP contribution < -0.4 is 10.6 Å². The van der Waals surface area contributed by atoms with Gasteiger partial charge in [0.25, 0.3) is 0 Å². The van der Waals surface area contributed by atoms with Crippen molar-refractivity contribution in [1.82, 2.24) is 14.9 Å². The molecule has 2 rings (SSSR count). The Bertz CT molecular complexity index is 428. The van der Waals surface area contributed by atoms with Crippen LogP contribution in [0.1, 0.15) is 37.1 Å². The fourth-order valence-electron chi connectivity index (χ4n) is 2.00. The SMILES string of the molecule is CCN(C)CCNc1nc(C2CC2)nc(NC)c1C. The molecule has 0 unspecified atom stereocenters. The zero-order valence-corrected chi connectivity index (χ0v) is 12.5. The monoisotopic (exact) mass is 263 g/mol. The number of nitrogens with one attached hydrogen (secondary N) is 2. The van der Waals surface area contributed by atoms with Crippen molar-refractivity contribution in [2.45, 2.75) is 32.6 Å². The molecule has 1 aromatic heterocycles. The molecule has 0 aromatic carbocycles. The molecule has 5 nitrogen and oxygen atoms in total. The molecule has 0 amide bonds. The van der Waals surface area contributed by atoms with Gasteiger partial charge in [0.05, 0.1) is 0 Å². The predicted molar refractivity (Wildman–Crippen MR) is 80.0 cm³/mol. The van der Waals surface area contributed by atoms with Crippen LogP contribution in [0, 0.1) is 6.92 Å². The van der Waals surface area contributed by atoms with E-state index in [1.807, 2.05) is 7.05 Å². The molecule has 0 aliphatic heterocycles. The van der Waals surface area contributed by atoms with Crippen molar-refractivity contribution in [3.05, 3.63) is 11.4 Å². The number of hydrogen-bond acceptors (Lipinski definition) is 5. The van der Waals surface area contributed by atoms with Crippen molar-refractivity contribution in [3.63, 3.8) is 0 Å². The second-order valence-electron chi connectivity index (χ2n) is 5.25. The predicted octanol–water partition coefficient (Wildman–Crippen LogP) is 2.07. The molecule has 0 radical (unpaired) electrons. The van der Waals surface area contributed by atoms with Crippen LogP contribution >= 0.6 is 0 Å². The first-order chi connectivity index (χ1) is 9.15. The highest BCUT2D eigenvalue weighted by Crippen LogP contribution is 2.39. The summed E-state index contributed by atoms with van der Waals surface area (Å²) in [6, 6.07) is 0. The van der Waals surface area contributed by atoms with Gasteiger partial charge in [-0.25, -0.2) is 9.97 Å². The third kappa shape index (κ3) is 3.56. The number of hydrogen-bond donors (Lipinski definition) is 2. The topological polar surface area (TPSA) is 53.1 Å². The Morgan fingerprint density at radius 1 is 1.26 bits per heavy atom. The summed E-state index contributed by atoms with van der Waals surface area (Å²) in [6.45, 7) is 7.23. The molecule has 1 saturated carbocycles. The largest absolute Gasteiger partial charge is 0.373 e. The van der Waals surface area contributed by atoms with E-state index in [1.54, 1.807) is 0 Å². The molecule has 19 heavy (non-hydrogen) atoms. The molecule has 0 spiro atoms. The van der Waals surface area contributed by atoms with Gasteiger partial charge in [-0.15, -0.1) is 0 Å². The fraction of sp³-hybridized carbons (Fsp3) is 0.714. The Kier molecular flexibility index (Phi) is 4.58. The standard InChI is InChI=1S/C14H25N5/c1-5-19(4)9-8-16-13-10(2)12(15-3)17-14(18-13)11-6-7-11/h11H,5-9H2,1-4H3,(H2,15,16,17,18). The van der Waals surface area contributed by atoms with Crippen molar-refractivity contribution in [3.8, 4) is 0 Å². The number of nitrogens with zero attached hydrogens (tertiary/aromatic N) is 3. The molecule has 1 aliphatic rings. The summed E-state index contributed by atoms with van der Waals surface area (Å²) in [5, 5.41) is 6.61. The van der Waals surface area contributed by atoms with Crippen molar-refractivity contribution in [2.75, 3.05) is 44.4 Å². The van der Waals surface area contributed by atoms with Gasteiger partial charge in [-0.1, -0.05) is 6.92 Å². The van der Waals surface area contributed by atoms with E-state index < -0.39 is 0 Å². The molecule has 1 fully saturated rings. The van der Waals surface area contributed by atoms with Gasteiger partial charge in [0.1, 0.15) is 17.5 Å². The lowest BCUT2D eigenvalue weighted by molar-refractivity contribution is 0.367. The van der Waals surface area contributed by atoms with Crippen LogP contribution in [-0.2, 0) is 0 Å². The van der Waals surface area contributed by atoms with E-state index in [9.17, 15) is 0 Å². The first-order valence-electron chi connectivity index (χ1n) is 7.14. The maximum Gasteiger partial charge on any atom is 0.136 e. The van der Waals surface area contributed by atoms with Crippen LogP contribution in [0.25, 0.3) is 0 Å². The first kappa shape index (κ1) is 14.1. The third-order valence-electron chi connectivity index (χ3n) is 3.67. The fourth-order valence-corrected chi connectivity index (χ4v) is 2.00. The van der Waals surface area contributed by atoms with Crippen LogP contribution in [0.15, 0.2) is 0 Å². The molecule has 0 saturated heterocycles. The molecular weight excluding hydrogens is 238 g/mol. The van der Waals surface area contributed by atoms with Gasteiger partial charge >= 0.3 is 0 Å². The maximum atomic E-state index is 4.68. The molecule has 1 heterocycles. The van der Waals surface area contributed by atoms with Gasteiger partial charge in [0, 0.05) is 31.6 Å². The van der Waals surface area contributed by atoms with E-state index in [0.29, 0.717) is 5.92 Å². The van der Waals surface area contributed by atoms with E-state index in [4.69, 9.17) is 0 Å². The van der Waals surface area contributed by atoms with Gasteiger partial charge < -0.3 is 15.5 Å². The molecule has 0 atom stereocenters. The number of anilines is 2. The van der Waals surface area contributed by atoms with E-state index in [1.165, 1.54) is 12.8 Å². The van der Waals surface area contributed by atoms with Crippen LogP contribution in [0.3, 0.4) is 0 Å². The Hall–Kier alpha value is -1.36. The summed E-state index contributed by atoms with van der Waals surface area (Å²) < 4.78 is 0. The van der Waals surface area contributed by atoms with Crippen LogP contribution in [-0.4, -0.2) is 48.6 Å². The Morgan fingerprint density at radius 2 is 1.95 bits per heavy atom. The Morgan fingerprint density at radius 3 is 2.53 bits per heavy atom. The summed E-state index contributed by atoms with van der Waals surface area (Å²) in [4.78, 5) is 11.6. The molecule has 1 aliphatic carbocycles. The molecule has 1 aromatic rings. The van der Waals surface area contributed by atoms with Crippen LogP contribution in [0.2, 0.25) is 0 Å². The smallest absolute Gasteiger partial charge is 0.136 e. The van der Waals surface area contributed by atoms with Gasteiger partial charge in [-0.3, -0.25) is 0 Å². The minimum Gasteiger partial charge on any atom is -0.373 e. The molecule has 106 valence electrons. The molecular formula is C14H25N5. The van der Waals surface area contributed by atoms with Crippen molar-refractivity contribution in [1.29, 1.82) is 0 Å². The summed E-state index contributed by atoms with van der Waals surface area (Å²) >= 11 is 0. The quantitative estimate of drug-likeness (QED) is 0.788. The molecule has 0 bridgehead atoms. The van der Waals surface area contributed by atoms with Gasteiger partial charge in [0.2, 0.25) is 0 Å². The maximum absolute atomic E-state index is 4.68. The van der Waals surface area contributed by atoms with Crippen molar-refractivity contribution >= 4 is 11.6 Å². The minimum atomic E-state index is 0.576. The zero-order chi connectivity index (χ0) is 13.8. The summed E-state index contributed by atoms with van der Waals surface area (Å²) in [5.41, 5.74) is 1.10. The molecule has 2 N–H and O–H groups in total. The average molecular weight is 263 g/mol. The van der Waals surface area contributed by atoms with E-state index in [-0.39, 0.29) is 0 Å². The summed E-state index contributed by atoms with van der Waals surface area (Å²) in [6.07, 6.45) is 2.45. The van der Waals surface area contributed by atoms with Gasteiger partial charge in [-0.2, -0.15) is 0 Å². The summed E-state index contributed by atoms with van der Waals surface area (Å²) in [7, 11) is 4.05. The Labute approximate surface area is 115 Å². The lowest BCUT2D eigenvalue weighted by atomic mass is 10.2. The number of likely N-dealkylation sites (N-methyl/N-ethyl adjacent to an activating group) is 1. The highest BCUT2D eigenvalue weighted by atomic mass is 15.1. The van der Waals surface area contributed by atoms with E-state index >= 15 is 0 Å². The summed E-state index contributed by atoms with van der Waals surface area (Å²) in [5.74, 6) is 3.49. The highest BCUT2D eigenvalue weighted by molar-refractivity contribution is 5.57. The lowest BCUT2D eigenvalue weighted by Crippen LogP contribution is -2.25. The second-order valence-corrected chi connectivity index (χ2v) is 5.25. The lowest BCUT2D eigenvalue weighted by Gasteiger charge is -2.17. The van der Waals surface area contributed by atoms with Crippen molar-refractivity contribution in [2.24, 2.45) is 0 Å². The second kappa shape index (κ2) is 6.19. The average Bonchev–Trinajstić information content (AvgIpc) is 3.24. The number of aromatic nitrogens is 2. The van der Waals surface area contributed by atoms with Gasteiger partial charge in [-0.05, 0) is 33.4 Å². The Balaban J connectivity index is 2.07. The van der Waals surface area contributed by atoms with Gasteiger partial charge in [0.15, 0.2) is 0 Å². The first-order valence-corrected chi connectivity index (χ1v) is 7.14. The van der Waals surface area contributed by atoms with Crippen LogP contribution in [0.5, 0.6) is 0 Å². The zero-order valence-electron chi connectivity index (χ0n) is 12.5. The van der Waals surface area contributed by atoms with E-state index in [2.05, 4.69) is 46.4 Å².